The molecule has 5 rings (SSSR count). The molecule has 0 aliphatic rings. The lowest BCUT2D eigenvalue weighted by molar-refractivity contribution is 0.392. The number of hydrogen-bond donors (Lipinski definition) is 2. The van der Waals surface area contributed by atoms with E-state index in [1.54, 1.807) is 12.1 Å². The van der Waals surface area contributed by atoms with Gasteiger partial charge in [-0.15, -0.1) is 10.2 Å². The molecule has 0 saturated carbocycles. The zero-order valence-corrected chi connectivity index (χ0v) is 20.1. The lowest BCUT2D eigenvalue weighted by Gasteiger charge is -2.13. The smallest absolute Gasteiger partial charge is 0.263 e. The van der Waals surface area contributed by atoms with Crippen molar-refractivity contribution in [1.82, 2.24) is 15.2 Å². The minimum atomic E-state index is -3.82. The lowest BCUT2D eigenvalue weighted by atomic mass is 10.0. The van der Waals surface area contributed by atoms with E-state index >= 15 is 0 Å². The number of benzene rings is 3. The highest BCUT2D eigenvalue weighted by Crippen LogP contribution is 2.29. The number of fused-ring (bicyclic) bond motifs is 2. The van der Waals surface area contributed by atoms with Gasteiger partial charge < -0.3 is 10.1 Å². The molecule has 2 aromatic heterocycles. The molecule has 0 fully saturated rings. The maximum atomic E-state index is 12.7. The van der Waals surface area contributed by atoms with Crippen molar-refractivity contribution in [1.29, 1.82) is 0 Å². The summed E-state index contributed by atoms with van der Waals surface area (Å²) in [6, 6.07) is 23.1. The van der Waals surface area contributed by atoms with Crippen molar-refractivity contribution in [3.05, 3.63) is 89.4 Å². The second-order valence-corrected chi connectivity index (χ2v) is 9.83. The van der Waals surface area contributed by atoms with Gasteiger partial charge in [0.2, 0.25) is 5.88 Å². The summed E-state index contributed by atoms with van der Waals surface area (Å²) in [5.41, 5.74) is 3.56. The van der Waals surface area contributed by atoms with Gasteiger partial charge in [-0.1, -0.05) is 35.9 Å². The van der Waals surface area contributed by atoms with Crippen molar-refractivity contribution in [2.24, 2.45) is 0 Å². The Kier molecular flexibility index (Phi) is 6.10. The molecule has 0 bridgehead atoms. The zero-order valence-electron chi connectivity index (χ0n) is 18.6. The summed E-state index contributed by atoms with van der Waals surface area (Å²) in [5.74, 6) is 0.394. The Morgan fingerprint density at radius 1 is 0.886 bits per heavy atom. The van der Waals surface area contributed by atoms with E-state index in [9.17, 15) is 8.42 Å². The molecule has 2 heterocycles. The Hall–Kier alpha value is -3.95. The molecular weight excluding hydrogens is 486 g/mol. The fourth-order valence-corrected chi connectivity index (χ4v) is 4.93. The van der Waals surface area contributed by atoms with Gasteiger partial charge in [-0.05, 0) is 54.1 Å². The first kappa shape index (κ1) is 22.8. The molecule has 176 valence electrons. The minimum absolute atomic E-state index is 0.101. The Morgan fingerprint density at radius 2 is 1.66 bits per heavy atom. The summed E-state index contributed by atoms with van der Waals surface area (Å²) >= 11 is 6.19. The van der Waals surface area contributed by atoms with Gasteiger partial charge in [-0.3, -0.25) is 4.72 Å². The van der Waals surface area contributed by atoms with Crippen molar-refractivity contribution in [3.63, 3.8) is 0 Å². The van der Waals surface area contributed by atoms with Gasteiger partial charge in [0.05, 0.1) is 23.0 Å². The van der Waals surface area contributed by atoms with Crippen LogP contribution in [0, 0.1) is 0 Å². The molecule has 5 aromatic rings. The van der Waals surface area contributed by atoms with Crippen LogP contribution in [0.4, 0.5) is 11.5 Å². The average Bonchev–Trinajstić information content (AvgIpc) is 2.87. The molecule has 0 amide bonds. The molecule has 0 unspecified atom stereocenters. The van der Waals surface area contributed by atoms with Crippen LogP contribution in [0.3, 0.4) is 0 Å². The highest BCUT2D eigenvalue weighted by atomic mass is 35.5. The number of nitrogens with one attached hydrogen (secondary N) is 2. The Bertz CT molecular complexity index is 1630. The third-order valence-corrected chi connectivity index (χ3v) is 7.08. The summed E-state index contributed by atoms with van der Waals surface area (Å²) < 4.78 is 32.8. The van der Waals surface area contributed by atoms with Crippen molar-refractivity contribution in [2.45, 2.75) is 11.4 Å². The number of aromatic nitrogens is 3. The largest absolute Gasteiger partial charge is 0.480 e. The molecule has 2 N–H and O–H groups in total. The summed E-state index contributed by atoms with van der Waals surface area (Å²) in [4.78, 5) is 4.84. The first-order valence-corrected chi connectivity index (χ1v) is 12.5. The third-order valence-electron chi connectivity index (χ3n) is 5.48. The minimum Gasteiger partial charge on any atom is -0.480 e. The maximum Gasteiger partial charge on any atom is 0.263 e. The summed E-state index contributed by atoms with van der Waals surface area (Å²) in [6.07, 6.45) is 0. The van der Waals surface area contributed by atoms with Crippen LogP contribution in [-0.2, 0) is 16.6 Å². The van der Waals surface area contributed by atoms with Crippen LogP contribution >= 0.6 is 11.6 Å². The molecule has 0 spiro atoms. The van der Waals surface area contributed by atoms with Gasteiger partial charge in [0, 0.05) is 34.1 Å². The van der Waals surface area contributed by atoms with Crippen molar-refractivity contribution >= 4 is 54.9 Å². The molecule has 0 aliphatic carbocycles. The molecule has 10 heteroatoms. The van der Waals surface area contributed by atoms with Gasteiger partial charge in [0.25, 0.3) is 10.0 Å². The number of hydrogen-bond acceptors (Lipinski definition) is 7. The molecule has 0 aliphatic heterocycles. The average molecular weight is 506 g/mol. The van der Waals surface area contributed by atoms with E-state index in [1.807, 2.05) is 42.5 Å². The van der Waals surface area contributed by atoms with Gasteiger partial charge in [0.1, 0.15) is 0 Å². The molecule has 0 saturated heterocycles. The number of nitrogens with zero attached hydrogens (tertiary/aromatic N) is 3. The summed E-state index contributed by atoms with van der Waals surface area (Å²) in [5, 5.41) is 13.6. The number of ether oxygens (including phenoxy) is 1. The van der Waals surface area contributed by atoms with Crippen molar-refractivity contribution in [3.8, 4) is 5.88 Å². The monoisotopic (exact) mass is 505 g/mol. The van der Waals surface area contributed by atoms with Crippen molar-refractivity contribution in [2.75, 3.05) is 17.1 Å². The molecular formula is C25H20ClN5O3S. The van der Waals surface area contributed by atoms with E-state index in [2.05, 4.69) is 20.2 Å². The maximum absolute atomic E-state index is 12.7. The first-order valence-electron chi connectivity index (χ1n) is 10.6. The summed E-state index contributed by atoms with van der Waals surface area (Å²) in [6.45, 7) is 0.521. The fourth-order valence-electron chi connectivity index (χ4n) is 3.77. The number of sulfonamides is 1. The first-order chi connectivity index (χ1) is 16.9. The molecule has 0 atom stereocenters. The van der Waals surface area contributed by atoms with E-state index in [0.29, 0.717) is 17.4 Å². The second-order valence-electron chi connectivity index (χ2n) is 7.71. The highest BCUT2D eigenvalue weighted by Gasteiger charge is 2.15. The number of methoxy groups -OCH3 is 1. The SMILES string of the molecule is COc1ccc(NS(=O)(=O)c2ccc(NCc3c4ccccc4nc4cc(Cl)ccc34)cc2)nn1. The van der Waals surface area contributed by atoms with Crippen LogP contribution in [0.2, 0.25) is 5.02 Å². The Morgan fingerprint density at radius 3 is 2.40 bits per heavy atom. The molecule has 3 aromatic carbocycles. The Balaban J connectivity index is 1.37. The quantitative estimate of drug-likeness (QED) is 0.291. The van der Waals surface area contributed by atoms with Crippen molar-refractivity contribution < 1.29 is 13.2 Å². The van der Waals surface area contributed by atoms with Crippen LogP contribution in [0.1, 0.15) is 5.56 Å². The predicted octanol–water partition coefficient (Wildman–Crippen LogP) is 5.25. The van der Waals surface area contributed by atoms with Gasteiger partial charge in [-0.2, -0.15) is 0 Å². The van der Waals surface area contributed by atoms with E-state index in [4.69, 9.17) is 21.3 Å². The zero-order chi connectivity index (χ0) is 24.4. The lowest BCUT2D eigenvalue weighted by Crippen LogP contribution is -2.14. The fraction of sp³-hybridized carbons (Fsp3) is 0.0800. The molecule has 0 radical (unpaired) electrons. The van der Waals surface area contributed by atoms with Crippen LogP contribution in [-0.4, -0.2) is 30.7 Å². The van der Waals surface area contributed by atoms with Crippen LogP contribution < -0.4 is 14.8 Å². The highest BCUT2D eigenvalue weighted by molar-refractivity contribution is 7.92. The normalized spacial score (nSPS) is 11.5. The summed E-state index contributed by atoms with van der Waals surface area (Å²) in [7, 11) is -2.36. The number of pyridine rings is 1. The second kappa shape index (κ2) is 9.36. The third kappa shape index (κ3) is 4.82. The molecule has 35 heavy (non-hydrogen) atoms. The van der Waals surface area contributed by atoms with Gasteiger partial charge in [-0.25, -0.2) is 13.4 Å². The standard InChI is InChI=1S/C25H20ClN5O3S/c1-34-25-13-12-24(29-30-25)31-35(32,33)18-9-7-17(8-10-18)27-15-21-19-4-2-3-5-22(19)28-23-14-16(26)6-11-20(21)23/h2-14,27H,15H2,1H3,(H,29,31). The van der Waals surface area contributed by atoms with E-state index in [1.165, 1.54) is 31.4 Å². The number of anilines is 2. The topological polar surface area (TPSA) is 106 Å². The van der Waals surface area contributed by atoms with E-state index < -0.39 is 10.0 Å². The number of rotatable bonds is 7. The van der Waals surface area contributed by atoms with Gasteiger partial charge in [0.15, 0.2) is 5.82 Å². The van der Waals surface area contributed by atoms with E-state index in [0.717, 1.165) is 33.1 Å². The number of para-hydroxylation sites is 1. The predicted molar refractivity (Wildman–Crippen MR) is 137 cm³/mol. The van der Waals surface area contributed by atoms with Crippen LogP contribution in [0.25, 0.3) is 21.8 Å². The van der Waals surface area contributed by atoms with Gasteiger partial charge >= 0.3 is 0 Å². The van der Waals surface area contributed by atoms with Crippen LogP contribution in [0.5, 0.6) is 5.88 Å². The van der Waals surface area contributed by atoms with Crippen LogP contribution in [0.15, 0.2) is 83.8 Å². The molecule has 8 nitrogen and oxygen atoms in total. The van der Waals surface area contributed by atoms with E-state index in [-0.39, 0.29) is 10.7 Å². The Labute approximate surface area is 207 Å². The number of halogens is 1.